The number of anilines is 6. The summed E-state index contributed by atoms with van der Waals surface area (Å²) in [5.41, 5.74) is 22.8. The lowest BCUT2D eigenvalue weighted by Gasteiger charge is -2.28. The normalized spacial score (nSPS) is 10.9. The summed E-state index contributed by atoms with van der Waals surface area (Å²) in [6, 6.07) is 11.7. The second-order valence-electron chi connectivity index (χ2n) is 5.80. The summed E-state index contributed by atoms with van der Waals surface area (Å²) in [6.45, 7) is 0. The van der Waals surface area contributed by atoms with Gasteiger partial charge in [-0.2, -0.15) is 0 Å². The molecule has 0 heterocycles. The van der Waals surface area contributed by atoms with Gasteiger partial charge in [0.25, 0.3) is 0 Å². The number of halogens is 6. The van der Waals surface area contributed by atoms with E-state index in [9.17, 15) is 0 Å². The van der Waals surface area contributed by atoms with E-state index in [0.717, 1.165) is 43.9 Å². The van der Waals surface area contributed by atoms with Crippen LogP contribution in [0.3, 0.4) is 0 Å². The summed E-state index contributed by atoms with van der Waals surface area (Å²) < 4.78 is 4.69. The van der Waals surface area contributed by atoms with Crippen LogP contribution in [-0.2, 0) is 0 Å². The second-order valence-corrected chi connectivity index (χ2v) is 10.9. The van der Waals surface area contributed by atoms with E-state index < -0.39 is 0 Å². The monoisotopic (exact) mass is 758 g/mol. The summed E-state index contributed by atoms with van der Waals surface area (Å²) in [5.74, 6) is 0. The highest BCUT2D eigenvalue weighted by Gasteiger charge is 2.19. The molecule has 0 radical (unpaired) electrons. The van der Waals surface area contributed by atoms with E-state index >= 15 is 0 Å². The van der Waals surface area contributed by atoms with Gasteiger partial charge in [-0.3, -0.25) is 0 Å². The van der Waals surface area contributed by atoms with Crippen LogP contribution in [0.2, 0.25) is 0 Å². The summed E-state index contributed by atoms with van der Waals surface area (Å²) in [5, 5.41) is 0. The highest BCUT2D eigenvalue weighted by molar-refractivity contribution is 9.12. The zero-order chi connectivity index (χ0) is 20.7. The molecule has 0 amide bonds. The van der Waals surface area contributed by atoms with Gasteiger partial charge in [0.2, 0.25) is 0 Å². The van der Waals surface area contributed by atoms with E-state index in [1.54, 1.807) is 0 Å². The van der Waals surface area contributed by atoms with Crippen molar-refractivity contribution in [3.8, 4) is 0 Å². The van der Waals surface area contributed by atoms with Crippen molar-refractivity contribution >= 4 is 130 Å². The van der Waals surface area contributed by atoms with E-state index in [1.165, 1.54) is 0 Å². The van der Waals surface area contributed by atoms with Crippen LogP contribution in [0, 0.1) is 0 Å². The first-order valence-corrected chi connectivity index (χ1v) is 12.4. The molecule has 6 N–H and O–H groups in total. The maximum absolute atomic E-state index is 6.09. The first-order chi connectivity index (χ1) is 13.1. The van der Waals surface area contributed by atoms with Crippen molar-refractivity contribution in [2.24, 2.45) is 0 Å². The van der Waals surface area contributed by atoms with Gasteiger partial charge in [0.05, 0.1) is 17.1 Å². The Kier molecular flexibility index (Phi) is 7.09. The molecular weight excluding hydrogens is 752 g/mol. The molecule has 3 aromatic carbocycles. The fourth-order valence-corrected chi connectivity index (χ4v) is 6.03. The fraction of sp³-hybridized carbons (Fsp3) is 0. The van der Waals surface area contributed by atoms with E-state index in [4.69, 9.17) is 17.2 Å². The molecule has 3 rings (SSSR count). The smallest absolute Gasteiger partial charge is 0.0604 e. The second kappa shape index (κ2) is 8.85. The van der Waals surface area contributed by atoms with Crippen LogP contribution in [0.15, 0.2) is 63.2 Å². The number of hydrogen-bond donors (Lipinski definition) is 3. The van der Waals surface area contributed by atoms with Crippen molar-refractivity contribution in [2.45, 2.75) is 0 Å². The molecule has 0 atom stereocenters. The number of nitrogens with two attached hydrogens (primary N) is 3. The van der Waals surface area contributed by atoms with Crippen LogP contribution in [0.5, 0.6) is 0 Å². The number of benzene rings is 3. The summed E-state index contributed by atoms with van der Waals surface area (Å²) >= 11 is 21.2. The lowest BCUT2D eigenvalue weighted by Crippen LogP contribution is -2.11. The quantitative estimate of drug-likeness (QED) is 0.234. The number of nitrogen functional groups attached to an aromatic ring is 3. The minimum absolute atomic E-state index is 0.628. The van der Waals surface area contributed by atoms with Crippen LogP contribution >= 0.6 is 95.6 Å². The maximum Gasteiger partial charge on any atom is 0.0604 e. The van der Waals surface area contributed by atoms with Crippen molar-refractivity contribution in [1.29, 1.82) is 0 Å². The van der Waals surface area contributed by atoms with Crippen molar-refractivity contribution in [2.75, 3.05) is 22.1 Å². The predicted molar refractivity (Wildman–Crippen MR) is 141 cm³/mol. The number of hydrogen-bond acceptors (Lipinski definition) is 4. The van der Waals surface area contributed by atoms with Crippen molar-refractivity contribution in [3.63, 3.8) is 0 Å². The van der Waals surface area contributed by atoms with Gasteiger partial charge in [-0.05, 0) is 132 Å². The fourth-order valence-electron chi connectivity index (χ4n) is 2.55. The average Bonchev–Trinajstić information content (AvgIpc) is 2.62. The van der Waals surface area contributed by atoms with Crippen LogP contribution in [0.4, 0.5) is 34.1 Å². The summed E-state index contributed by atoms with van der Waals surface area (Å²) in [7, 11) is 0. The Hall–Kier alpha value is -0.260. The van der Waals surface area contributed by atoms with Gasteiger partial charge >= 0.3 is 0 Å². The Bertz CT molecular complexity index is 880. The molecular formula is C18H12Br6N4. The molecule has 0 bridgehead atoms. The largest absolute Gasteiger partial charge is 0.397 e. The molecule has 146 valence electrons. The Labute approximate surface area is 213 Å². The molecule has 0 unspecified atom stereocenters. The SMILES string of the molecule is Nc1c(Br)cc(N(c2cc(Br)c(N)c(Br)c2)c2cc(Br)c(N)c(Br)c2)cc1Br. The minimum atomic E-state index is 0.628. The lowest BCUT2D eigenvalue weighted by atomic mass is 10.1. The molecule has 0 spiro atoms. The zero-order valence-corrected chi connectivity index (χ0v) is 23.4. The molecule has 0 aliphatic carbocycles. The maximum atomic E-state index is 6.09. The Morgan fingerprint density at radius 2 is 0.607 bits per heavy atom. The predicted octanol–water partition coefficient (Wildman–Crippen LogP) is 8.48. The van der Waals surface area contributed by atoms with Crippen molar-refractivity contribution < 1.29 is 0 Å². The van der Waals surface area contributed by atoms with Gasteiger partial charge in [0, 0.05) is 43.9 Å². The van der Waals surface area contributed by atoms with Crippen molar-refractivity contribution in [1.82, 2.24) is 0 Å². The standard InChI is InChI=1S/C18H12Br6N4/c19-10-1-7(2-11(20)16(10)25)28(8-3-12(21)17(26)13(22)4-8)9-5-14(23)18(27)15(24)6-9/h1-6H,25-27H2. The molecule has 0 saturated heterocycles. The van der Waals surface area contributed by atoms with Crippen LogP contribution in [0.25, 0.3) is 0 Å². The topological polar surface area (TPSA) is 81.3 Å². The zero-order valence-electron chi connectivity index (χ0n) is 13.9. The number of rotatable bonds is 3. The lowest BCUT2D eigenvalue weighted by molar-refractivity contribution is 1.26. The molecule has 0 aliphatic heterocycles. The van der Waals surface area contributed by atoms with Crippen LogP contribution < -0.4 is 22.1 Å². The highest BCUT2D eigenvalue weighted by atomic mass is 79.9. The molecule has 0 fully saturated rings. The molecule has 0 aliphatic rings. The van der Waals surface area contributed by atoms with Gasteiger partial charge in [0.1, 0.15) is 0 Å². The summed E-state index contributed by atoms with van der Waals surface area (Å²) in [6.07, 6.45) is 0. The first kappa shape index (κ1) is 22.4. The third-order valence-corrected chi connectivity index (χ3v) is 7.90. The number of nitrogens with zero attached hydrogens (tertiary/aromatic N) is 1. The Morgan fingerprint density at radius 3 is 0.786 bits per heavy atom. The van der Waals surface area contributed by atoms with Crippen LogP contribution in [0.1, 0.15) is 0 Å². The molecule has 0 saturated carbocycles. The molecule has 4 nitrogen and oxygen atoms in total. The van der Waals surface area contributed by atoms with Gasteiger partial charge in [-0.25, -0.2) is 0 Å². The third-order valence-electron chi connectivity index (χ3n) is 3.97. The Balaban J connectivity index is 2.32. The molecule has 3 aromatic rings. The van der Waals surface area contributed by atoms with Gasteiger partial charge in [-0.1, -0.05) is 0 Å². The van der Waals surface area contributed by atoms with E-state index in [-0.39, 0.29) is 0 Å². The van der Waals surface area contributed by atoms with E-state index in [1.807, 2.05) is 36.4 Å². The van der Waals surface area contributed by atoms with Gasteiger partial charge in [-0.15, -0.1) is 0 Å². The molecule has 0 aromatic heterocycles. The third kappa shape index (κ3) is 4.41. The molecule has 28 heavy (non-hydrogen) atoms. The van der Waals surface area contributed by atoms with E-state index in [2.05, 4.69) is 100 Å². The Morgan fingerprint density at radius 1 is 0.429 bits per heavy atom. The van der Waals surface area contributed by atoms with Crippen LogP contribution in [-0.4, -0.2) is 0 Å². The average molecular weight is 764 g/mol. The van der Waals surface area contributed by atoms with Gasteiger partial charge in [0.15, 0.2) is 0 Å². The molecule has 10 heteroatoms. The summed E-state index contributed by atoms with van der Waals surface area (Å²) in [4.78, 5) is 2.07. The highest BCUT2D eigenvalue weighted by Crippen LogP contribution is 2.45. The van der Waals surface area contributed by atoms with E-state index in [0.29, 0.717) is 17.1 Å². The first-order valence-electron chi connectivity index (χ1n) is 7.63. The van der Waals surface area contributed by atoms with Crippen molar-refractivity contribution in [3.05, 3.63) is 63.2 Å². The minimum Gasteiger partial charge on any atom is -0.397 e. The van der Waals surface area contributed by atoms with Gasteiger partial charge < -0.3 is 22.1 Å².